The number of benzene rings is 1. The Kier molecular flexibility index (Phi) is 3.33. The molecule has 17 heavy (non-hydrogen) atoms. The van der Waals surface area contributed by atoms with Crippen molar-refractivity contribution in [2.75, 3.05) is 14.2 Å². The zero-order valence-electron chi connectivity index (χ0n) is 10.2. The van der Waals surface area contributed by atoms with E-state index in [1.54, 1.807) is 7.11 Å². The fraction of sp³-hybridized carbons (Fsp3) is 0.462. The lowest BCUT2D eigenvalue weighted by Gasteiger charge is -2.10. The van der Waals surface area contributed by atoms with E-state index in [9.17, 15) is 4.79 Å². The van der Waals surface area contributed by atoms with Crippen molar-refractivity contribution in [2.24, 2.45) is 5.73 Å². The Morgan fingerprint density at radius 1 is 1.35 bits per heavy atom. The van der Waals surface area contributed by atoms with Crippen molar-refractivity contribution in [3.63, 3.8) is 0 Å². The zero-order valence-corrected chi connectivity index (χ0v) is 10.2. The molecule has 0 aliphatic heterocycles. The third-order valence-electron chi connectivity index (χ3n) is 3.13. The number of ether oxygens (including phenoxy) is 2. The van der Waals surface area contributed by atoms with E-state index in [0.29, 0.717) is 0 Å². The van der Waals surface area contributed by atoms with Crippen LogP contribution in [0.15, 0.2) is 12.1 Å². The Morgan fingerprint density at radius 3 is 2.59 bits per heavy atom. The molecule has 4 heteroatoms. The van der Waals surface area contributed by atoms with Crippen LogP contribution in [-0.2, 0) is 28.8 Å². The van der Waals surface area contributed by atoms with Crippen LogP contribution in [-0.4, -0.2) is 26.2 Å². The monoisotopic (exact) mass is 235 g/mol. The number of nitrogens with two attached hydrogens (primary N) is 1. The number of hydrogen-bond acceptors (Lipinski definition) is 4. The van der Waals surface area contributed by atoms with Crippen LogP contribution < -0.4 is 10.5 Å². The molecule has 1 aromatic rings. The van der Waals surface area contributed by atoms with Crippen LogP contribution in [0.1, 0.15) is 16.7 Å². The standard InChI is InChI=1S/C13H17NO3/c1-16-12-6-9-5-11(14)4-8(9)3-10(12)7-13(15)17-2/h3,6,11H,4-5,7,14H2,1-2H3. The van der Waals surface area contributed by atoms with Crippen molar-refractivity contribution in [1.82, 2.24) is 0 Å². The van der Waals surface area contributed by atoms with Gasteiger partial charge in [-0.15, -0.1) is 0 Å². The van der Waals surface area contributed by atoms with Crippen molar-refractivity contribution in [1.29, 1.82) is 0 Å². The second kappa shape index (κ2) is 4.75. The molecule has 0 radical (unpaired) electrons. The maximum absolute atomic E-state index is 11.3. The minimum Gasteiger partial charge on any atom is -0.496 e. The minimum atomic E-state index is -0.259. The predicted molar refractivity (Wildman–Crippen MR) is 64.1 cm³/mol. The zero-order chi connectivity index (χ0) is 12.4. The average Bonchev–Trinajstić information content (AvgIpc) is 2.67. The van der Waals surface area contributed by atoms with E-state index in [-0.39, 0.29) is 18.4 Å². The normalized spacial score (nSPS) is 17.7. The minimum absolute atomic E-state index is 0.183. The Bertz CT molecular complexity index is 443. The van der Waals surface area contributed by atoms with Crippen molar-refractivity contribution in [3.05, 3.63) is 28.8 Å². The average molecular weight is 235 g/mol. The number of rotatable bonds is 3. The van der Waals surface area contributed by atoms with Crippen LogP contribution in [0.25, 0.3) is 0 Å². The maximum Gasteiger partial charge on any atom is 0.310 e. The number of esters is 1. The smallest absolute Gasteiger partial charge is 0.310 e. The van der Waals surface area contributed by atoms with Crippen molar-refractivity contribution in [2.45, 2.75) is 25.3 Å². The van der Waals surface area contributed by atoms with Crippen molar-refractivity contribution < 1.29 is 14.3 Å². The predicted octanol–water partition coefficient (Wildman–Crippen LogP) is 0.837. The Labute approximate surface area is 101 Å². The third kappa shape index (κ3) is 2.42. The highest BCUT2D eigenvalue weighted by atomic mass is 16.5. The molecule has 0 heterocycles. The molecule has 1 aliphatic carbocycles. The van der Waals surface area contributed by atoms with Gasteiger partial charge in [0.25, 0.3) is 0 Å². The van der Waals surface area contributed by atoms with Crippen molar-refractivity contribution in [3.8, 4) is 5.75 Å². The molecule has 0 amide bonds. The first-order chi connectivity index (χ1) is 8.13. The summed E-state index contributed by atoms with van der Waals surface area (Å²) in [5, 5.41) is 0. The Morgan fingerprint density at radius 2 is 2.00 bits per heavy atom. The van der Waals surface area contributed by atoms with Crippen LogP contribution in [0, 0.1) is 0 Å². The molecule has 0 saturated carbocycles. The quantitative estimate of drug-likeness (QED) is 0.788. The molecule has 1 unspecified atom stereocenters. The summed E-state index contributed by atoms with van der Waals surface area (Å²) in [7, 11) is 3.00. The third-order valence-corrected chi connectivity index (χ3v) is 3.13. The number of methoxy groups -OCH3 is 2. The number of fused-ring (bicyclic) bond motifs is 1. The Hall–Kier alpha value is -1.55. The first-order valence-corrected chi connectivity index (χ1v) is 5.65. The van der Waals surface area contributed by atoms with Crippen LogP contribution >= 0.6 is 0 Å². The molecule has 0 aromatic heterocycles. The van der Waals surface area contributed by atoms with Crippen LogP contribution in [0.4, 0.5) is 0 Å². The molecular weight excluding hydrogens is 218 g/mol. The lowest BCUT2D eigenvalue weighted by atomic mass is 10.0. The highest BCUT2D eigenvalue weighted by Crippen LogP contribution is 2.29. The highest BCUT2D eigenvalue weighted by molar-refractivity contribution is 5.73. The molecule has 4 nitrogen and oxygen atoms in total. The molecule has 2 rings (SSSR count). The molecule has 1 aliphatic rings. The molecule has 0 fully saturated rings. The summed E-state index contributed by atoms with van der Waals surface area (Å²) in [6, 6.07) is 4.18. The first kappa shape index (κ1) is 11.9. The lowest BCUT2D eigenvalue weighted by molar-refractivity contribution is -0.139. The van der Waals surface area contributed by atoms with E-state index < -0.39 is 0 Å². The molecule has 1 aromatic carbocycles. The Balaban J connectivity index is 2.32. The van der Waals surface area contributed by atoms with Crippen LogP contribution in [0.3, 0.4) is 0 Å². The van der Waals surface area contributed by atoms with E-state index in [2.05, 4.69) is 4.74 Å². The van der Waals surface area contributed by atoms with E-state index in [4.69, 9.17) is 10.5 Å². The van der Waals surface area contributed by atoms with E-state index in [1.165, 1.54) is 18.2 Å². The van der Waals surface area contributed by atoms with Crippen molar-refractivity contribution >= 4 is 5.97 Å². The second-order valence-corrected chi connectivity index (χ2v) is 4.35. The summed E-state index contributed by atoms with van der Waals surface area (Å²) in [5.74, 6) is 0.480. The molecule has 0 bridgehead atoms. The largest absolute Gasteiger partial charge is 0.496 e. The molecule has 0 saturated heterocycles. The van der Waals surface area contributed by atoms with Gasteiger partial charge in [0, 0.05) is 11.6 Å². The molecular formula is C13H17NO3. The van der Waals surface area contributed by atoms with Gasteiger partial charge in [0.1, 0.15) is 5.75 Å². The molecule has 0 spiro atoms. The maximum atomic E-state index is 11.3. The molecule has 1 atom stereocenters. The van der Waals surface area contributed by atoms with Gasteiger partial charge in [-0.1, -0.05) is 6.07 Å². The highest BCUT2D eigenvalue weighted by Gasteiger charge is 2.21. The first-order valence-electron chi connectivity index (χ1n) is 5.65. The van der Waals surface area contributed by atoms with Gasteiger partial charge in [0.05, 0.1) is 20.6 Å². The number of carbonyl (C=O) groups is 1. The van der Waals surface area contributed by atoms with E-state index >= 15 is 0 Å². The number of carbonyl (C=O) groups excluding carboxylic acids is 1. The van der Waals surface area contributed by atoms with Gasteiger partial charge in [0.2, 0.25) is 0 Å². The summed E-state index contributed by atoms with van der Waals surface area (Å²) in [6.07, 6.45) is 1.99. The van der Waals surface area contributed by atoms with Gasteiger partial charge < -0.3 is 15.2 Å². The lowest BCUT2D eigenvalue weighted by Crippen LogP contribution is -2.19. The summed E-state index contributed by atoms with van der Waals surface area (Å²) < 4.78 is 9.98. The molecule has 2 N–H and O–H groups in total. The van der Waals surface area contributed by atoms with Gasteiger partial charge in [0.15, 0.2) is 0 Å². The summed E-state index contributed by atoms with van der Waals surface area (Å²) >= 11 is 0. The second-order valence-electron chi connectivity index (χ2n) is 4.35. The summed E-state index contributed by atoms with van der Waals surface area (Å²) in [5.41, 5.74) is 9.23. The van der Waals surface area contributed by atoms with Gasteiger partial charge in [-0.2, -0.15) is 0 Å². The topological polar surface area (TPSA) is 61.5 Å². The summed E-state index contributed by atoms with van der Waals surface area (Å²) in [6.45, 7) is 0. The van der Waals surface area contributed by atoms with Gasteiger partial charge in [-0.05, 0) is 30.0 Å². The summed E-state index contributed by atoms with van der Waals surface area (Å²) in [4.78, 5) is 11.3. The fourth-order valence-corrected chi connectivity index (χ4v) is 2.29. The van der Waals surface area contributed by atoms with Gasteiger partial charge in [-0.25, -0.2) is 0 Å². The van der Waals surface area contributed by atoms with E-state index in [0.717, 1.165) is 24.2 Å². The fourth-order valence-electron chi connectivity index (χ4n) is 2.29. The number of hydrogen-bond donors (Lipinski definition) is 1. The molecule has 92 valence electrons. The van der Waals surface area contributed by atoms with Gasteiger partial charge >= 0.3 is 5.97 Å². The van der Waals surface area contributed by atoms with Crippen LogP contribution in [0.2, 0.25) is 0 Å². The van der Waals surface area contributed by atoms with Gasteiger partial charge in [-0.3, -0.25) is 4.79 Å². The SMILES string of the molecule is COC(=O)Cc1cc2c(cc1OC)CC(N)C2. The van der Waals surface area contributed by atoms with Crippen LogP contribution in [0.5, 0.6) is 5.75 Å². The van der Waals surface area contributed by atoms with E-state index in [1.807, 2.05) is 12.1 Å².